The number of carbonyl (C=O) groups is 1. The molecule has 0 aliphatic heterocycles. The minimum atomic E-state index is -6.83. The van der Waals surface area contributed by atoms with Crippen LogP contribution in [0.15, 0.2) is 0 Å². The molecule has 0 bridgehead atoms. The molecule has 12 heteroatoms. The zero-order valence-corrected chi connectivity index (χ0v) is 11.9. The van der Waals surface area contributed by atoms with Gasteiger partial charge >= 0.3 is 29.8 Å². The van der Waals surface area contributed by atoms with Crippen LogP contribution in [-0.4, -0.2) is 46.7 Å². The van der Waals surface area contributed by atoms with Gasteiger partial charge in [0, 0.05) is 0 Å². The van der Waals surface area contributed by atoms with Crippen molar-refractivity contribution in [1.82, 2.24) is 0 Å². The summed E-state index contributed by atoms with van der Waals surface area (Å²) in [4.78, 5) is 11.2. The van der Waals surface area contributed by atoms with E-state index in [1.807, 2.05) is 0 Å². The third-order valence-electron chi connectivity index (χ3n) is 3.19. The summed E-state index contributed by atoms with van der Waals surface area (Å²) in [7, 11) is 0. The summed E-state index contributed by atoms with van der Waals surface area (Å²) in [5.41, 5.74) is -9.38. The largest absolute Gasteiger partial charge is 0.454 e. The predicted molar refractivity (Wildman–Crippen MR) is 57.4 cm³/mol. The lowest BCUT2D eigenvalue weighted by molar-refractivity contribution is -0.432. The highest BCUT2D eigenvalue weighted by Crippen LogP contribution is 2.53. The Kier molecular flexibility index (Phi) is 5.71. The van der Waals surface area contributed by atoms with Crippen LogP contribution in [0, 0.1) is 0 Å². The first-order valence-corrected chi connectivity index (χ1v) is 6.00. The average molecular weight is 364 g/mol. The molecule has 0 spiro atoms. The van der Waals surface area contributed by atoms with Crippen LogP contribution in [0.1, 0.15) is 27.2 Å². The summed E-state index contributed by atoms with van der Waals surface area (Å²) in [6, 6.07) is 0. The average Bonchev–Trinajstić information content (AvgIpc) is 2.34. The van der Waals surface area contributed by atoms with Crippen LogP contribution in [0.2, 0.25) is 0 Å². The minimum Gasteiger partial charge on any atom is -0.454 e. The lowest BCUT2D eigenvalue weighted by Gasteiger charge is -2.40. The van der Waals surface area contributed by atoms with E-state index in [0.717, 1.165) is 6.92 Å². The number of ether oxygens (including phenoxy) is 1. The van der Waals surface area contributed by atoms with Crippen molar-refractivity contribution in [3.05, 3.63) is 0 Å². The molecule has 138 valence electrons. The topological polar surface area (TPSA) is 46.5 Å². The lowest BCUT2D eigenvalue weighted by atomic mass is 9.90. The molecule has 0 fully saturated rings. The van der Waals surface area contributed by atoms with Crippen molar-refractivity contribution in [3.63, 3.8) is 0 Å². The summed E-state index contributed by atoms with van der Waals surface area (Å²) in [5.74, 6) is -8.11. The second-order valence-electron chi connectivity index (χ2n) is 4.93. The summed E-state index contributed by atoms with van der Waals surface area (Å²) in [5, 5.41) is 8.67. The van der Waals surface area contributed by atoms with Crippen LogP contribution in [0.4, 0.5) is 39.5 Å². The van der Waals surface area contributed by atoms with E-state index < -0.39 is 48.0 Å². The van der Waals surface area contributed by atoms with Crippen LogP contribution >= 0.6 is 0 Å². The van der Waals surface area contributed by atoms with Gasteiger partial charge in [-0.15, -0.1) is 0 Å². The molecule has 2 unspecified atom stereocenters. The molecule has 2 atom stereocenters. The Balaban J connectivity index is 5.80. The molecular formula is C11H13F9O3. The summed E-state index contributed by atoms with van der Waals surface area (Å²) in [6.45, 7) is 1.58. The van der Waals surface area contributed by atoms with Crippen LogP contribution in [-0.2, 0) is 9.53 Å². The Hall–Kier alpha value is -1.20. The maximum atomic E-state index is 13.6. The summed E-state index contributed by atoms with van der Waals surface area (Å²) < 4.78 is 119. The van der Waals surface area contributed by atoms with Gasteiger partial charge in [0.05, 0.1) is 0 Å². The number of rotatable bonds is 5. The standard InChI is InChI=1S/C11H13F9O3/c1-4-7(3,12)6(21)23-5(2)8(13,14)9(22,10(15,16)17)11(18,19)20/h5,22H,4H2,1-3H3. The molecule has 0 aromatic carbocycles. The molecule has 0 amide bonds. The van der Waals surface area contributed by atoms with Gasteiger partial charge in [0.2, 0.25) is 5.67 Å². The molecule has 3 nitrogen and oxygen atoms in total. The Morgan fingerprint density at radius 2 is 1.35 bits per heavy atom. The van der Waals surface area contributed by atoms with Crippen LogP contribution < -0.4 is 0 Å². The van der Waals surface area contributed by atoms with E-state index in [-0.39, 0.29) is 6.92 Å². The molecule has 1 N–H and O–H groups in total. The van der Waals surface area contributed by atoms with Gasteiger partial charge in [0.1, 0.15) is 0 Å². The van der Waals surface area contributed by atoms with E-state index in [0.29, 0.717) is 6.92 Å². The minimum absolute atomic E-state index is 0.0217. The molecule has 0 saturated carbocycles. The maximum Gasteiger partial charge on any atom is 0.432 e. The van der Waals surface area contributed by atoms with Crippen molar-refractivity contribution in [3.8, 4) is 0 Å². The third-order valence-corrected chi connectivity index (χ3v) is 3.19. The first-order chi connectivity index (χ1) is 9.86. The van der Waals surface area contributed by atoms with E-state index in [1.54, 1.807) is 0 Å². The Morgan fingerprint density at radius 3 is 1.61 bits per heavy atom. The quantitative estimate of drug-likeness (QED) is 0.600. The Morgan fingerprint density at radius 1 is 1.00 bits per heavy atom. The molecule has 0 radical (unpaired) electrons. The van der Waals surface area contributed by atoms with Gasteiger partial charge in [-0.2, -0.15) is 35.1 Å². The van der Waals surface area contributed by atoms with Crippen molar-refractivity contribution in [2.24, 2.45) is 0 Å². The molecular weight excluding hydrogens is 351 g/mol. The molecule has 0 aliphatic carbocycles. The molecule has 0 aromatic rings. The molecule has 0 rings (SSSR count). The summed E-state index contributed by atoms with van der Waals surface area (Å²) >= 11 is 0. The number of esters is 1. The fraction of sp³-hybridized carbons (Fsp3) is 0.909. The van der Waals surface area contributed by atoms with Gasteiger partial charge in [-0.05, 0) is 20.3 Å². The van der Waals surface area contributed by atoms with Crippen LogP contribution in [0.5, 0.6) is 0 Å². The third kappa shape index (κ3) is 3.66. The molecule has 0 heterocycles. The van der Waals surface area contributed by atoms with Crippen LogP contribution in [0.25, 0.3) is 0 Å². The highest BCUT2D eigenvalue weighted by molar-refractivity contribution is 5.79. The fourth-order valence-corrected chi connectivity index (χ4v) is 1.33. The van der Waals surface area contributed by atoms with Crippen molar-refractivity contribution in [2.45, 2.75) is 62.8 Å². The number of hydrogen-bond donors (Lipinski definition) is 1. The van der Waals surface area contributed by atoms with E-state index >= 15 is 0 Å². The lowest BCUT2D eigenvalue weighted by Crippen LogP contribution is -2.71. The molecule has 0 saturated heterocycles. The normalized spacial score (nSPS) is 18.3. The number of alkyl halides is 9. The fourth-order valence-electron chi connectivity index (χ4n) is 1.33. The van der Waals surface area contributed by atoms with Gasteiger partial charge in [-0.1, -0.05) is 6.92 Å². The zero-order chi connectivity index (χ0) is 19.1. The van der Waals surface area contributed by atoms with E-state index in [1.165, 1.54) is 0 Å². The Labute approximate surface area is 124 Å². The van der Waals surface area contributed by atoms with Crippen molar-refractivity contribution in [1.29, 1.82) is 0 Å². The monoisotopic (exact) mass is 364 g/mol. The highest BCUT2D eigenvalue weighted by atomic mass is 19.4. The second kappa shape index (κ2) is 6.02. The highest BCUT2D eigenvalue weighted by Gasteiger charge is 2.84. The molecule has 0 aliphatic rings. The van der Waals surface area contributed by atoms with Gasteiger partial charge in [0.15, 0.2) is 6.10 Å². The van der Waals surface area contributed by atoms with Gasteiger partial charge in [-0.25, -0.2) is 9.18 Å². The Bertz CT molecular complexity index is 425. The smallest absolute Gasteiger partial charge is 0.432 e. The van der Waals surface area contributed by atoms with Crippen LogP contribution in [0.3, 0.4) is 0 Å². The maximum absolute atomic E-state index is 13.6. The number of carbonyl (C=O) groups excluding carboxylic acids is 1. The van der Waals surface area contributed by atoms with Crippen molar-refractivity contribution < 1.29 is 54.2 Å². The van der Waals surface area contributed by atoms with E-state index in [9.17, 15) is 44.3 Å². The SMILES string of the molecule is CCC(C)(F)C(=O)OC(C)C(F)(F)C(O)(C(F)(F)F)C(F)(F)F. The number of halogens is 9. The van der Waals surface area contributed by atoms with E-state index in [4.69, 9.17) is 5.11 Å². The van der Waals surface area contributed by atoms with Gasteiger partial charge in [-0.3, -0.25) is 0 Å². The summed E-state index contributed by atoms with van der Waals surface area (Å²) in [6.07, 6.45) is -17.7. The van der Waals surface area contributed by atoms with E-state index in [2.05, 4.69) is 4.74 Å². The second-order valence-corrected chi connectivity index (χ2v) is 4.93. The number of hydrogen-bond acceptors (Lipinski definition) is 3. The van der Waals surface area contributed by atoms with Crippen molar-refractivity contribution >= 4 is 5.97 Å². The first kappa shape index (κ1) is 21.8. The molecule has 0 aromatic heterocycles. The number of aliphatic hydroxyl groups is 1. The first-order valence-electron chi connectivity index (χ1n) is 6.00. The van der Waals surface area contributed by atoms with Gasteiger partial charge < -0.3 is 9.84 Å². The predicted octanol–water partition coefficient (Wildman–Crippen LogP) is 3.55. The molecule has 23 heavy (non-hydrogen) atoms. The van der Waals surface area contributed by atoms with Crippen molar-refractivity contribution in [2.75, 3.05) is 0 Å². The van der Waals surface area contributed by atoms with Gasteiger partial charge in [0.25, 0.3) is 0 Å². The zero-order valence-electron chi connectivity index (χ0n) is 11.9.